The average molecular weight is 607 g/mol. The van der Waals surface area contributed by atoms with Gasteiger partial charge in [-0.25, -0.2) is 21.7 Å². The first-order valence-corrected chi connectivity index (χ1v) is 15.7. The molecule has 0 aliphatic carbocycles. The second kappa shape index (κ2) is 12.0. The molecule has 0 bridgehead atoms. The number of anilines is 3. The van der Waals surface area contributed by atoms with Crippen LogP contribution in [0.5, 0.6) is 11.5 Å². The van der Waals surface area contributed by atoms with Crippen LogP contribution in [0, 0.1) is 13.8 Å². The van der Waals surface area contributed by atoms with Gasteiger partial charge < -0.3 is 9.47 Å². The van der Waals surface area contributed by atoms with Gasteiger partial charge in [0.15, 0.2) is 0 Å². The highest BCUT2D eigenvalue weighted by atomic mass is 32.2. The van der Waals surface area contributed by atoms with Crippen molar-refractivity contribution in [3.05, 3.63) is 107 Å². The summed E-state index contributed by atoms with van der Waals surface area (Å²) in [5.41, 5.74) is 3.98. The normalized spacial score (nSPS) is 13.7. The van der Waals surface area contributed by atoms with E-state index < -0.39 is 27.3 Å². The van der Waals surface area contributed by atoms with E-state index in [1.54, 1.807) is 72.8 Å². The van der Waals surface area contributed by atoms with Crippen LogP contribution in [0.3, 0.4) is 0 Å². The molecule has 1 heterocycles. The van der Waals surface area contributed by atoms with E-state index in [1.165, 1.54) is 23.5 Å². The summed E-state index contributed by atoms with van der Waals surface area (Å²) < 4.78 is 62.9. The van der Waals surface area contributed by atoms with Gasteiger partial charge in [-0.1, -0.05) is 35.4 Å². The molecule has 1 N–H and O–H groups in total. The summed E-state index contributed by atoms with van der Waals surface area (Å²) in [6, 6.07) is 23.5. The number of carbonyl (C=O) groups is 1. The van der Waals surface area contributed by atoms with Gasteiger partial charge in [-0.15, -0.1) is 0 Å². The molecule has 9 nitrogen and oxygen atoms in total. The highest BCUT2D eigenvalue weighted by molar-refractivity contribution is 7.92. The number of sulfonamides is 1. The maximum atomic E-state index is 13.4. The van der Waals surface area contributed by atoms with E-state index in [2.05, 4.69) is 0 Å². The number of methoxy groups -OCH3 is 1. The lowest BCUT2D eigenvalue weighted by Crippen LogP contribution is -2.35. The summed E-state index contributed by atoms with van der Waals surface area (Å²) in [4.78, 5) is 13.0. The third kappa shape index (κ3) is 5.89. The number of hydrogen-bond acceptors (Lipinski definition) is 6. The molecule has 1 atom stereocenters. The Balaban J connectivity index is 1.46. The van der Waals surface area contributed by atoms with Gasteiger partial charge in [0.2, 0.25) is 0 Å². The first-order chi connectivity index (χ1) is 20.1. The zero-order chi connectivity index (χ0) is 30.0. The van der Waals surface area contributed by atoms with E-state index in [4.69, 9.17) is 9.47 Å². The SMILES string of the molecule is COC(=O)c1cc(Oc2ccc3c(c2)CCCN3S(=O)(=O)c2ccc(C)cc2)ccc1N(c1ccc(C)cc1)S(=O)O. The molecule has 1 unspecified atom stereocenters. The predicted octanol–water partition coefficient (Wildman–Crippen LogP) is 6.30. The molecule has 42 heavy (non-hydrogen) atoms. The summed E-state index contributed by atoms with van der Waals surface area (Å²) in [5.74, 6) is 0.0417. The molecular weight excluding hydrogens is 576 g/mol. The van der Waals surface area contributed by atoms with Gasteiger partial charge in [0.25, 0.3) is 21.3 Å². The molecule has 4 aromatic rings. The van der Waals surface area contributed by atoms with Gasteiger partial charge >= 0.3 is 5.97 Å². The average Bonchev–Trinajstić information content (AvgIpc) is 2.98. The minimum absolute atomic E-state index is 0.0336. The van der Waals surface area contributed by atoms with E-state index >= 15 is 0 Å². The summed E-state index contributed by atoms with van der Waals surface area (Å²) in [7, 11) is -2.51. The van der Waals surface area contributed by atoms with Crippen LogP contribution in [-0.4, -0.2) is 36.8 Å². The van der Waals surface area contributed by atoms with Gasteiger partial charge in [0.05, 0.1) is 34.6 Å². The third-order valence-corrected chi connectivity index (χ3v) is 9.54. The molecule has 0 radical (unpaired) electrons. The van der Waals surface area contributed by atoms with Gasteiger partial charge in [0.1, 0.15) is 11.5 Å². The molecule has 4 aromatic carbocycles. The number of esters is 1. The highest BCUT2D eigenvalue weighted by Gasteiger charge is 2.29. The van der Waals surface area contributed by atoms with Crippen LogP contribution in [0.2, 0.25) is 0 Å². The monoisotopic (exact) mass is 606 g/mol. The Morgan fingerprint density at radius 3 is 2.17 bits per heavy atom. The number of carbonyl (C=O) groups excluding carboxylic acids is 1. The van der Waals surface area contributed by atoms with Crippen LogP contribution >= 0.6 is 0 Å². The van der Waals surface area contributed by atoms with E-state index in [0.29, 0.717) is 42.3 Å². The number of benzene rings is 4. The van der Waals surface area contributed by atoms with Crippen LogP contribution in [0.1, 0.15) is 33.5 Å². The van der Waals surface area contributed by atoms with Gasteiger partial charge in [-0.2, -0.15) is 0 Å². The number of aryl methyl sites for hydroxylation is 3. The Hall–Kier alpha value is -4.19. The molecule has 0 spiro atoms. The fourth-order valence-electron chi connectivity index (χ4n) is 4.85. The van der Waals surface area contributed by atoms with Crippen LogP contribution in [-0.2, 0) is 32.4 Å². The summed E-state index contributed by atoms with van der Waals surface area (Å²) in [6.07, 6.45) is 1.32. The summed E-state index contributed by atoms with van der Waals surface area (Å²) >= 11 is -2.48. The zero-order valence-electron chi connectivity index (χ0n) is 23.3. The van der Waals surface area contributed by atoms with Crippen molar-refractivity contribution < 1.29 is 31.4 Å². The molecular formula is C31H30N2O7S2. The van der Waals surface area contributed by atoms with Crippen molar-refractivity contribution in [2.75, 3.05) is 22.3 Å². The first kappa shape index (κ1) is 29.3. The standard InChI is InChI=1S/C31H30N2O7S2/c1-21-6-10-24(11-7-21)33(41(35)36)30-17-13-26(20-28(30)31(34)39-3)40-25-12-16-29-23(19-25)5-4-18-32(29)42(37,38)27-14-8-22(2)9-15-27/h6-17,19-20H,4-5,18H2,1-3H3,(H,35,36). The maximum absolute atomic E-state index is 13.4. The number of fused-ring (bicyclic) bond motifs is 1. The maximum Gasteiger partial charge on any atom is 0.340 e. The quantitative estimate of drug-likeness (QED) is 0.185. The third-order valence-electron chi connectivity index (χ3n) is 6.99. The van der Waals surface area contributed by atoms with Crippen molar-refractivity contribution in [1.82, 2.24) is 0 Å². The van der Waals surface area contributed by atoms with Crippen molar-refractivity contribution >= 4 is 44.3 Å². The van der Waals surface area contributed by atoms with Crippen molar-refractivity contribution in [3.63, 3.8) is 0 Å². The molecule has 0 fully saturated rings. The Bertz CT molecular complexity index is 1760. The number of nitrogens with zero attached hydrogens (tertiary/aromatic N) is 2. The fraction of sp³-hybridized carbons (Fsp3) is 0.194. The fourth-order valence-corrected chi connectivity index (χ4v) is 7.02. The molecule has 0 saturated heterocycles. The minimum Gasteiger partial charge on any atom is -0.465 e. The molecule has 1 aliphatic heterocycles. The topological polar surface area (TPSA) is 113 Å². The first-order valence-electron chi connectivity index (χ1n) is 13.2. The lowest BCUT2D eigenvalue weighted by Gasteiger charge is -2.30. The smallest absolute Gasteiger partial charge is 0.340 e. The van der Waals surface area contributed by atoms with E-state index in [-0.39, 0.29) is 16.1 Å². The minimum atomic E-state index is -3.74. The molecule has 218 valence electrons. The number of ether oxygens (including phenoxy) is 2. The molecule has 0 saturated carbocycles. The molecule has 0 aromatic heterocycles. The second-order valence-corrected chi connectivity index (χ2v) is 12.6. The van der Waals surface area contributed by atoms with Crippen LogP contribution in [0.25, 0.3) is 0 Å². The lowest BCUT2D eigenvalue weighted by molar-refractivity contribution is 0.0601. The second-order valence-electron chi connectivity index (χ2n) is 9.92. The Kier molecular flexibility index (Phi) is 8.35. The Labute approximate surface area is 247 Å². The van der Waals surface area contributed by atoms with Gasteiger partial charge in [-0.3, -0.25) is 8.86 Å². The van der Waals surface area contributed by atoms with Crippen molar-refractivity contribution in [1.29, 1.82) is 0 Å². The summed E-state index contributed by atoms with van der Waals surface area (Å²) in [6.45, 7) is 4.18. The van der Waals surface area contributed by atoms with Crippen molar-refractivity contribution in [2.45, 2.75) is 31.6 Å². The Morgan fingerprint density at radius 2 is 1.52 bits per heavy atom. The highest BCUT2D eigenvalue weighted by Crippen LogP contribution is 2.38. The molecule has 1 aliphatic rings. The van der Waals surface area contributed by atoms with Crippen molar-refractivity contribution in [3.8, 4) is 11.5 Å². The van der Waals surface area contributed by atoms with Crippen LogP contribution in [0.4, 0.5) is 17.1 Å². The van der Waals surface area contributed by atoms with Gasteiger partial charge in [-0.05, 0) is 92.9 Å². The Morgan fingerprint density at radius 1 is 0.905 bits per heavy atom. The molecule has 5 rings (SSSR count). The van der Waals surface area contributed by atoms with E-state index in [0.717, 1.165) is 21.0 Å². The van der Waals surface area contributed by atoms with Crippen LogP contribution < -0.4 is 13.3 Å². The zero-order valence-corrected chi connectivity index (χ0v) is 24.9. The van der Waals surface area contributed by atoms with Crippen molar-refractivity contribution in [2.24, 2.45) is 0 Å². The largest absolute Gasteiger partial charge is 0.465 e. The molecule has 0 amide bonds. The predicted molar refractivity (Wildman–Crippen MR) is 162 cm³/mol. The van der Waals surface area contributed by atoms with E-state index in [1.807, 2.05) is 13.8 Å². The number of rotatable bonds is 8. The van der Waals surface area contributed by atoms with Crippen LogP contribution in [0.15, 0.2) is 89.8 Å². The summed E-state index contributed by atoms with van der Waals surface area (Å²) in [5, 5.41) is 0. The number of hydrogen-bond donors (Lipinski definition) is 1. The van der Waals surface area contributed by atoms with E-state index in [9.17, 15) is 22.0 Å². The lowest BCUT2D eigenvalue weighted by atomic mass is 10.0. The molecule has 11 heteroatoms. The van der Waals surface area contributed by atoms with Gasteiger partial charge in [0, 0.05) is 6.54 Å².